The van der Waals surface area contributed by atoms with Crippen molar-refractivity contribution >= 4 is 11.4 Å². The van der Waals surface area contributed by atoms with Crippen LogP contribution >= 0.6 is 0 Å². The molecular weight excluding hydrogens is 272 g/mol. The van der Waals surface area contributed by atoms with Crippen LogP contribution in [0.15, 0.2) is 24.5 Å². The van der Waals surface area contributed by atoms with E-state index in [4.69, 9.17) is 0 Å². The Hall–Kier alpha value is -2.51. The number of aromatic nitrogens is 4. The summed E-state index contributed by atoms with van der Waals surface area (Å²) in [6, 6.07) is 5.11. The number of anilines is 1. The summed E-state index contributed by atoms with van der Waals surface area (Å²) in [7, 11) is 0. The molecule has 0 N–H and O–H groups in total. The van der Waals surface area contributed by atoms with Gasteiger partial charge in [-0.05, 0) is 41.3 Å². The lowest BCUT2D eigenvalue weighted by Crippen LogP contribution is -2.34. The van der Waals surface area contributed by atoms with Crippen LogP contribution in [0.2, 0.25) is 0 Å². The van der Waals surface area contributed by atoms with Crippen LogP contribution in [0.4, 0.5) is 11.4 Å². The maximum atomic E-state index is 11.4. The highest BCUT2D eigenvalue weighted by Crippen LogP contribution is 2.33. The van der Waals surface area contributed by atoms with Gasteiger partial charge < -0.3 is 4.90 Å². The van der Waals surface area contributed by atoms with E-state index in [1.165, 1.54) is 23.5 Å². The molecule has 0 unspecified atom stereocenters. The van der Waals surface area contributed by atoms with Crippen LogP contribution in [0.3, 0.4) is 0 Å². The van der Waals surface area contributed by atoms with Gasteiger partial charge in [0.2, 0.25) is 0 Å². The highest BCUT2D eigenvalue weighted by Gasteiger charge is 2.24. The molecule has 0 radical (unpaired) electrons. The third-order valence-corrected chi connectivity index (χ3v) is 3.77. The maximum Gasteiger partial charge on any atom is 0.294 e. The first-order valence-electron chi connectivity index (χ1n) is 6.92. The first-order chi connectivity index (χ1) is 10.1. The molecule has 1 aliphatic heterocycles. The second-order valence-electron chi connectivity index (χ2n) is 5.38. The van der Waals surface area contributed by atoms with Crippen LogP contribution in [-0.2, 0) is 0 Å². The van der Waals surface area contributed by atoms with E-state index in [-0.39, 0.29) is 10.6 Å². The van der Waals surface area contributed by atoms with Gasteiger partial charge in [-0.3, -0.25) is 10.1 Å². The van der Waals surface area contributed by atoms with E-state index in [0.29, 0.717) is 17.3 Å². The van der Waals surface area contributed by atoms with Gasteiger partial charge in [0.05, 0.1) is 10.6 Å². The number of benzene rings is 1. The Morgan fingerprint density at radius 3 is 2.95 bits per heavy atom. The van der Waals surface area contributed by atoms with Gasteiger partial charge in [0, 0.05) is 19.2 Å². The van der Waals surface area contributed by atoms with Crippen molar-refractivity contribution in [2.75, 3.05) is 18.0 Å². The molecule has 1 aromatic carbocycles. The Morgan fingerprint density at radius 1 is 1.43 bits per heavy atom. The van der Waals surface area contributed by atoms with E-state index in [9.17, 15) is 10.1 Å². The summed E-state index contributed by atoms with van der Waals surface area (Å²) in [4.78, 5) is 13.1. The topological polar surface area (TPSA) is 90.0 Å². The number of piperidine rings is 1. The number of nitro groups is 1. The van der Waals surface area contributed by atoms with Crippen molar-refractivity contribution in [1.29, 1.82) is 0 Å². The van der Waals surface area contributed by atoms with Crippen LogP contribution in [0.5, 0.6) is 0 Å². The molecule has 0 bridgehead atoms. The fourth-order valence-corrected chi connectivity index (χ4v) is 2.76. The van der Waals surface area contributed by atoms with Crippen LogP contribution in [0.1, 0.15) is 19.8 Å². The lowest BCUT2D eigenvalue weighted by Gasteiger charge is -2.32. The highest BCUT2D eigenvalue weighted by atomic mass is 16.6. The lowest BCUT2D eigenvalue weighted by molar-refractivity contribution is -0.384. The zero-order valence-electron chi connectivity index (χ0n) is 11.7. The Labute approximate surface area is 121 Å². The number of nitro benzene ring substituents is 1. The normalized spacial score (nSPS) is 18.7. The summed E-state index contributed by atoms with van der Waals surface area (Å²) in [5.41, 5.74) is 1.35. The Morgan fingerprint density at radius 2 is 2.29 bits per heavy atom. The SMILES string of the molecule is C[C@H]1CCCN(c2ccc(-n3cnnn3)cc2[N+](=O)[O-])C1. The molecule has 0 amide bonds. The van der Waals surface area contributed by atoms with Crippen molar-refractivity contribution in [2.24, 2.45) is 5.92 Å². The zero-order chi connectivity index (χ0) is 14.8. The minimum atomic E-state index is -0.345. The van der Waals surface area contributed by atoms with E-state index in [0.717, 1.165) is 19.5 Å². The van der Waals surface area contributed by atoms with Crippen molar-refractivity contribution in [2.45, 2.75) is 19.8 Å². The van der Waals surface area contributed by atoms with Gasteiger partial charge in [-0.2, -0.15) is 0 Å². The second-order valence-corrected chi connectivity index (χ2v) is 5.38. The van der Waals surface area contributed by atoms with Gasteiger partial charge in [0.15, 0.2) is 0 Å². The first kappa shape index (κ1) is 13.5. The molecule has 0 saturated carbocycles. The summed E-state index contributed by atoms with van der Waals surface area (Å²) in [5, 5.41) is 22.2. The molecule has 8 heteroatoms. The van der Waals surface area contributed by atoms with Crippen molar-refractivity contribution < 1.29 is 4.92 Å². The molecule has 21 heavy (non-hydrogen) atoms. The van der Waals surface area contributed by atoms with E-state index < -0.39 is 0 Å². The molecule has 2 heterocycles. The highest BCUT2D eigenvalue weighted by molar-refractivity contribution is 5.66. The summed E-state index contributed by atoms with van der Waals surface area (Å²) in [6.45, 7) is 3.88. The predicted molar refractivity (Wildman–Crippen MR) is 76.4 cm³/mol. The Kier molecular flexibility index (Phi) is 3.51. The van der Waals surface area contributed by atoms with Crippen LogP contribution in [0.25, 0.3) is 5.69 Å². The largest absolute Gasteiger partial charge is 0.366 e. The van der Waals surface area contributed by atoms with Gasteiger partial charge in [0.1, 0.15) is 12.0 Å². The molecule has 3 rings (SSSR count). The second kappa shape index (κ2) is 5.47. The fraction of sp³-hybridized carbons (Fsp3) is 0.462. The van der Waals surface area contributed by atoms with Crippen LogP contribution in [-0.4, -0.2) is 38.2 Å². The van der Waals surface area contributed by atoms with Gasteiger partial charge >= 0.3 is 0 Å². The third kappa shape index (κ3) is 2.69. The molecule has 1 aliphatic rings. The number of tetrazole rings is 1. The van der Waals surface area contributed by atoms with Gasteiger partial charge in [-0.15, -0.1) is 5.10 Å². The van der Waals surface area contributed by atoms with Crippen molar-refractivity contribution in [3.05, 3.63) is 34.6 Å². The Balaban J connectivity index is 1.98. The number of nitrogens with zero attached hydrogens (tertiary/aromatic N) is 6. The predicted octanol–water partition coefficient (Wildman–Crippen LogP) is 1.81. The Bertz CT molecular complexity index is 642. The first-order valence-corrected chi connectivity index (χ1v) is 6.92. The molecule has 0 spiro atoms. The van der Waals surface area contributed by atoms with Gasteiger partial charge in [0.25, 0.3) is 5.69 Å². The quantitative estimate of drug-likeness (QED) is 0.632. The molecule has 0 aliphatic carbocycles. The smallest absolute Gasteiger partial charge is 0.294 e. The molecule has 1 aromatic heterocycles. The molecule has 110 valence electrons. The number of rotatable bonds is 3. The van der Waals surface area contributed by atoms with Gasteiger partial charge in [-0.1, -0.05) is 6.92 Å². The minimum absolute atomic E-state index is 0.0945. The van der Waals surface area contributed by atoms with Crippen LogP contribution < -0.4 is 4.90 Å². The number of hydrogen-bond acceptors (Lipinski definition) is 6. The minimum Gasteiger partial charge on any atom is -0.366 e. The monoisotopic (exact) mass is 288 g/mol. The van der Waals surface area contributed by atoms with Crippen LogP contribution in [0, 0.1) is 16.0 Å². The maximum absolute atomic E-state index is 11.4. The van der Waals surface area contributed by atoms with Gasteiger partial charge in [-0.25, -0.2) is 4.68 Å². The van der Waals surface area contributed by atoms with E-state index >= 15 is 0 Å². The average Bonchev–Trinajstić information content (AvgIpc) is 3.01. The standard InChI is InChI=1S/C13H16N6O2/c1-10-3-2-6-17(8-10)12-5-4-11(7-13(12)19(20)21)18-9-14-15-16-18/h4-5,7,9-10H,2-3,6,8H2,1H3/t10-/m0/s1. The molecule has 1 atom stereocenters. The third-order valence-electron chi connectivity index (χ3n) is 3.77. The number of hydrogen-bond donors (Lipinski definition) is 0. The summed E-state index contributed by atoms with van der Waals surface area (Å²) >= 11 is 0. The zero-order valence-corrected chi connectivity index (χ0v) is 11.7. The average molecular weight is 288 g/mol. The van der Waals surface area contributed by atoms with E-state index in [1.807, 2.05) is 0 Å². The molecule has 2 aromatic rings. The molecule has 1 saturated heterocycles. The van der Waals surface area contributed by atoms with E-state index in [1.54, 1.807) is 12.1 Å². The van der Waals surface area contributed by atoms with Crippen molar-refractivity contribution in [1.82, 2.24) is 20.2 Å². The summed E-state index contributed by atoms with van der Waals surface area (Å²) in [6.07, 6.45) is 3.65. The summed E-state index contributed by atoms with van der Waals surface area (Å²) < 4.78 is 1.41. The van der Waals surface area contributed by atoms with Crippen molar-refractivity contribution in [3.63, 3.8) is 0 Å². The molecule has 1 fully saturated rings. The fourth-order valence-electron chi connectivity index (χ4n) is 2.76. The lowest BCUT2D eigenvalue weighted by atomic mass is 9.99. The molecular formula is C13H16N6O2. The molecule has 8 nitrogen and oxygen atoms in total. The van der Waals surface area contributed by atoms with Crippen molar-refractivity contribution in [3.8, 4) is 5.69 Å². The van der Waals surface area contributed by atoms with E-state index in [2.05, 4.69) is 27.3 Å². The summed E-state index contributed by atoms with van der Waals surface area (Å²) in [5.74, 6) is 0.553.